The first-order chi connectivity index (χ1) is 9.78. The zero-order valence-corrected chi connectivity index (χ0v) is 11.8. The number of aromatic nitrogens is 3. The third-order valence-corrected chi connectivity index (χ3v) is 6.24. The average Bonchev–Trinajstić information content (AvgIpc) is 2.81. The Kier molecular flexibility index (Phi) is 2.29. The van der Waals surface area contributed by atoms with Crippen molar-refractivity contribution in [1.82, 2.24) is 14.8 Å². The highest BCUT2D eigenvalue weighted by Crippen LogP contribution is 2.59. The van der Waals surface area contributed by atoms with Crippen LogP contribution in [-0.2, 0) is 6.54 Å². The molecule has 4 saturated carbocycles. The molecule has 1 atom stereocenters. The molecule has 4 fully saturated rings. The molecular formula is C15H23N5. The van der Waals surface area contributed by atoms with E-state index in [1.54, 1.807) is 0 Å². The molecular weight excluding hydrogens is 250 g/mol. The topological polar surface area (TPSA) is 68.8 Å². The van der Waals surface area contributed by atoms with Gasteiger partial charge in [0, 0.05) is 25.0 Å². The van der Waals surface area contributed by atoms with Crippen LogP contribution in [0.3, 0.4) is 0 Å². The first-order valence-electron chi connectivity index (χ1n) is 8.20. The Morgan fingerprint density at radius 2 is 1.70 bits per heavy atom. The highest BCUT2D eigenvalue weighted by atomic mass is 15.4. The summed E-state index contributed by atoms with van der Waals surface area (Å²) in [6.45, 7) is 1.70. The summed E-state index contributed by atoms with van der Waals surface area (Å²) in [5.41, 5.74) is 6.11. The summed E-state index contributed by atoms with van der Waals surface area (Å²) < 4.78 is 2.28. The Bertz CT molecular complexity index is 508. The van der Waals surface area contributed by atoms with E-state index >= 15 is 0 Å². The van der Waals surface area contributed by atoms with Crippen LogP contribution in [0.15, 0.2) is 0 Å². The molecule has 1 aliphatic heterocycles. The number of nitrogens with two attached hydrogens (primary N) is 1. The third-order valence-electron chi connectivity index (χ3n) is 6.24. The standard InChI is InChI=1S/C15H23N5/c16-12-6-17-15-19-18-14(20(15)7-12)13-10-2-8-1-9(4-10)5-11(13)3-8/h8-13H,1-7,16H2,(H,17,19). The van der Waals surface area contributed by atoms with Gasteiger partial charge in [0.15, 0.2) is 0 Å². The van der Waals surface area contributed by atoms with Crippen molar-refractivity contribution in [2.45, 2.75) is 50.6 Å². The van der Waals surface area contributed by atoms with Gasteiger partial charge < -0.3 is 11.1 Å². The van der Waals surface area contributed by atoms with Gasteiger partial charge in [-0.3, -0.25) is 4.57 Å². The van der Waals surface area contributed by atoms with Crippen molar-refractivity contribution in [2.24, 2.45) is 29.4 Å². The van der Waals surface area contributed by atoms with E-state index in [2.05, 4.69) is 20.1 Å². The normalized spacial score (nSPS) is 45.2. The Morgan fingerprint density at radius 1 is 1.00 bits per heavy atom. The van der Waals surface area contributed by atoms with Crippen LogP contribution in [0.25, 0.3) is 0 Å². The molecule has 0 saturated heterocycles. The number of hydrogen-bond donors (Lipinski definition) is 2. The van der Waals surface area contributed by atoms with Crippen molar-refractivity contribution in [2.75, 3.05) is 11.9 Å². The molecule has 4 bridgehead atoms. The Balaban J connectivity index is 1.53. The molecule has 1 unspecified atom stereocenters. The maximum atomic E-state index is 6.11. The van der Waals surface area contributed by atoms with E-state index in [0.29, 0.717) is 5.92 Å². The lowest BCUT2D eigenvalue weighted by Crippen LogP contribution is -2.45. The molecule has 1 aromatic rings. The van der Waals surface area contributed by atoms with Crippen LogP contribution in [0, 0.1) is 23.7 Å². The van der Waals surface area contributed by atoms with E-state index < -0.39 is 0 Å². The molecule has 108 valence electrons. The smallest absolute Gasteiger partial charge is 0.224 e. The number of nitrogens with one attached hydrogen (secondary N) is 1. The van der Waals surface area contributed by atoms with Gasteiger partial charge in [0.1, 0.15) is 5.82 Å². The van der Waals surface area contributed by atoms with Gasteiger partial charge in [-0.25, -0.2) is 0 Å². The highest BCUT2D eigenvalue weighted by molar-refractivity contribution is 5.31. The summed E-state index contributed by atoms with van der Waals surface area (Å²) in [4.78, 5) is 0. The average molecular weight is 273 g/mol. The fraction of sp³-hybridized carbons (Fsp3) is 0.867. The fourth-order valence-corrected chi connectivity index (χ4v) is 5.74. The van der Waals surface area contributed by atoms with Crippen LogP contribution in [0.2, 0.25) is 0 Å². The van der Waals surface area contributed by atoms with E-state index in [9.17, 15) is 0 Å². The van der Waals surface area contributed by atoms with Gasteiger partial charge in [-0.15, -0.1) is 10.2 Å². The molecule has 2 heterocycles. The van der Waals surface area contributed by atoms with Gasteiger partial charge >= 0.3 is 0 Å². The van der Waals surface area contributed by atoms with Crippen LogP contribution in [0.5, 0.6) is 0 Å². The third kappa shape index (κ3) is 1.53. The summed E-state index contributed by atoms with van der Waals surface area (Å²) in [6.07, 6.45) is 7.22. The van der Waals surface area contributed by atoms with E-state index in [1.165, 1.54) is 37.9 Å². The highest BCUT2D eigenvalue weighted by Gasteiger charge is 2.50. The van der Waals surface area contributed by atoms with Gasteiger partial charge in [-0.2, -0.15) is 0 Å². The van der Waals surface area contributed by atoms with Gasteiger partial charge in [-0.05, 0) is 55.8 Å². The van der Waals surface area contributed by atoms with E-state index in [-0.39, 0.29) is 6.04 Å². The summed E-state index contributed by atoms with van der Waals surface area (Å²) in [7, 11) is 0. The quantitative estimate of drug-likeness (QED) is 0.815. The number of nitrogens with zero attached hydrogens (tertiary/aromatic N) is 3. The van der Waals surface area contributed by atoms with Crippen molar-refractivity contribution in [1.29, 1.82) is 0 Å². The molecule has 1 aromatic heterocycles. The molecule has 5 heteroatoms. The molecule has 20 heavy (non-hydrogen) atoms. The summed E-state index contributed by atoms with van der Waals surface area (Å²) in [5, 5.41) is 12.3. The maximum absolute atomic E-state index is 6.11. The first kappa shape index (κ1) is 11.5. The summed E-state index contributed by atoms with van der Waals surface area (Å²) in [6, 6.07) is 0.189. The van der Waals surface area contributed by atoms with Gasteiger partial charge in [-0.1, -0.05) is 0 Å². The second-order valence-corrected chi connectivity index (χ2v) is 7.59. The van der Waals surface area contributed by atoms with Crippen LogP contribution in [-0.4, -0.2) is 27.4 Å². The van der Waals surface area contributed by atoms with Crippen LogP contribution < -0.4 is 11.1 Å². The van der Waals surface area contributed by atoms with Crippen LogP contribution in [0.1, 0.15) is 43.8 Å². The Hall–Kier alpha value is -1.10. The van der Waals surface area contributed by atoms with Crippen LogP contribution >= 0.6 is 0 Å². The number of anilines is 1. The number of hydrogen-bond acceptors (Lipinski definition) is 4. The van der Waals surface area contributed by atoms with Crippen molar-refractivity contribution in [3.63, 3.8) is 0 Å². The molecule has 0 amide bonds. The second kappa shape index (κ2) is 3.97. The predicted octanol–water partition coefficient (Wildman–Crippen LogP) is 1.57. The van der Waals surface area contributed by atoms with Gasteiger partial charge in [0.25, 0.3) is 0 Å². The number of rotatable bonds is 1. The predicted molar refractivity (Wildman–Crippen MR) is 76.3 cm³/mol. The molecule has 5 aliphatic rings. The van der Waals surface area contributed by atoms with Gasteiger partial charge in [0.05, 0.1) is 0 Å². The minimum Gasteiger partial charge on any atom is -0.353 e. The van der Waals surface area contributed by atoms with Crippen LogP contribution in [0.4, 0.5) is 5.95 Å². The second-order valence-electron chi connectivity index (χ2n) is 7.59. The van der Waals surface area contributed by atoms with Crippen molar-refractivity contribution in [3.05, 3.63) is 5.82 Å². The molecule has 3 N–H and O–H groups in total. The van der Waals surface area contributed by atoms with Crippen molar-refractivity contribution < 1.29 is 0 Å². The lowest BCUT2D eigenvalue weighted by atomic mass is 9.51. The molecule has 0 radical (unpaired) electrons. The maximum Gasteiger partial charge on any atom is 0.224 e. The van der Waals surface area contributed by atoms with Gasteiger partial charge in [0.2, 0.25) is 5.95 Å². The lowest BCUT2D eigenvalue weighted by molar-refractivity contribution is -0.00695. The SMILES string of the molecule is NC1CNc2nnc(C3C4CC5CC(C4)CC3C5)n2C1. The lowest BCUT2D eigenvalue weighted by Gasteiger charge is -2.54. The minimum absolute atomic E-state index is 0.189. The minimum atomic E-state index is 0.189. The molecule has 0 aromatic carbocycles. The molecule has 4 aliphatic carbocycles. The molecule has 6 rings (SSSR count). The number of fused-ring (bicyclic) bond motifs is 1. The van der Waals surface area contributed by atoms with Crippen molar-refractivity contribution >= 4 is 5.95 Å². The van der Waals surface area contributed by atoms with E-state index in [4.69, 9.17) is 5.73 Å². The zero-order valence-electron chi connectivity index (χ0n) is 11.8. The fourth-order valence-electron chi connectivity index (χ4n) is 5.74. The summed E-state index contributed by atoms with van der Waals surface area (Å²) >= 11 is 0. The Labute approximate surface area is 119 Å². The summed E-state index contributed by atoms with van der Waals surface area (Å²) in [5.74, 6) is 6.56. The Morgan fingerprint density at radius 3 is 2.40 bits per heavy atom. The molecule has 0 spiro atoms. The van der Waals surface area contributed by atoms with E-state index in [0.717, 1.165) is 42.7 Å². The molecule has 5 nitrogen and oxygen atoms in total. The first-order valence-corrected chi connectivity index (χ1v) is 8.20. The van der Waals surface area contributed by atoms with E-state index in [1.807, 2.05) is 0 Å². The largest absolute Gasteiger partial charge is 0.353 e. The zero-order chi connectivity index (χ0) is 13.3. The monoisotopic (exact) mass is 273 g/mol. The van der Waals surface area contributed by atoms with Crippen molar-refractivity contribution in [3.8, 4) is 0 Å².